The first kappa shape index (κ1) is 13.0. The van der Waals surface area contributed by atoms with Gasteiger partial charge in [-0.3, -0.25) is 9.59 Å². The van der Waals surface area contributed by atoms with Crippen LogP contribution in [0.2, 0.25) is 0 Å². The standard InChI is InChI=1S/C13H11FN2O3/c1-19-13(18)9-5-11(17)16(7-9)10-4-2-3-8(6-15)12(10)14/h2-4,9H,5,7H2,1H3. The summed E-state index contributed by atoms with van der Waals surface area (Å²) in [5.74, 6) is -2.19. The molecular weight excluding hydrogens is 251 g/mol. The lowest BCUT2D eigenvalue weighted by molar-refractivity contribution is -0.145. The smallest absolute Gasteiger partial charge is 0.311 e. The fraction of sp³-hybridized carbons (Fsp3) is 0.308. The number of carbonyl (C=O) groups is 2. The van der Waals surface area contributed by atoms with Crippen LogP contribution in [0.1, 0.15) is 12.0 Å². The van der Waals surface area contributed by atoms with E-state index in [4.69, 9.17) is 5.26 Å². The molecule has 0 saturated carbocycles. The van der Waals surface area contributed by atoms with Gasteiger partial charge in [-0.1, -0.05) is 6.07 Å². The molecule has 0 radical (unpaired) electrons. The van der Waals surface area contributed by atoms with Gasteiger partial charge in [0.1, 0.15) is 6.07 Å². The van der Waals surface area contributed by atoms with Crippen molar-refractivity contribution in [1.82, 2.24) is 0 Å². The van der Waals surface area contributed by atoms with Gasteiger partial charge in [0.25, 0.3) is 0 Å². The van der Waals surface area contributed by atoms with Crippen molar-refractivity contribution in [3.63, 3.8) is 0 Å². The van der Waals surface area contributed by atoms with Gasteiger partial charge in [-0.2, -0.15) is 5.26 Å². The van der Waals surface area contributed by atoms with Gasteiger partial charge in [-0.05, 0) is 12.1 Å². The van der Waals surface area contributed by atoms with Crippen molar-refractivity contribution >= 4 is 17.6 Å². The zero-order valence-electron chi connectivity index (χ0n) is 10.2. The van der Waals surface area contributed by atoms with Crippen LogP contribution in [0.5, 0.6) is 0 Å². The van der Waals surface area contributed by atoms with E-state index in [2.05, 4.69) is 4.74 Å². The second kappa shape index (κ2) is 5.06. The Balaban J connectivity index is 2.31. The molecule has 1 aliphatic heterocycles. The third kappa shape index (κ3) is 2.27. The van der Waals surface area contributed by atoms with Crippen molar-refractivity contribution in [3.05, 3.63) is 29.6 Å². The zero-order chi connectivity index (χ0) is 14.0. The van der Waals surface area contributed by atoms with E-state index < -0.39 is 17.7 Å². The SMILES string of the molecule is COC(=O)C1CC(=O)N(c2cccc(C#N)c2F)C1. The molecule has 1 fully saturated rings. The number of rotatable bonds is 2. The van der Waals surface area contributed by atoms with E-state index in [-0.39, 0.29) is 30.1 Å². The largest absolute Gasteiger partial charge is 0.469 e. The van der Waals surface area contributed by atoms with Crippen LogP contribution in [0.25, 0.3) is 0 Å². The van der Waals surface area contributed by atoms with E-state index in [9.17, 15) is 14.0 Å². The molecule has 98 valence electrons. The molecule has 5 nitrogen and oxygen atoms in total. The van der Waals surface area contributed by atoms with Crippen molar-refractivity contribution in [2.24, 2.45) is 5.92 Å². The number of methoxy groups -OCH3 is 1. The molecule has 1 heterocycles. The summed E-state index contributed by atoms with van der Waals surface area (Å²) < 4.78 is 18.6. The van der Waals surface area contributed by atoms with Crippen molar-refractivity contribution in [2.45, 2.75) is 6.42 Å². The predicted molar refractivity (Wildman–Crippen MR) is 63.6 cm³/mol. The maximum Gasteiger partial charge on any atom is 0.311 e. The van der Waals surface area contributed by atoms with E-state index in [1.807, 2.05) is 0 Å². The average Bonchev–Trinajstić information content (AvgIpc) is 2.80. The van der Waals surface area contributed by atoms with E-state index in [1.54, 1.807) is 6.07 Å². The fourth-order valence-corrected chi connectivity index (χ4v) is 2.08. The molecule has 1 aliphatic rings. The highest BCUT2D eigenvalue weighted by molar-refractivity contribution is 5.99. The van der Waals surface area contributed by atoms with Gasteiger partial charge < -0.3 is 9.64 Å². The number of hydrogen-bond donors (Lipinski definition) is 0. The first-order chi connectivity index (χ1) is 9.08. The number of benzene rings is 1. The van der Waals surface area contributed by atoms with Crippen LogP contribution in [-0.4, -0.2) is 25.5 Å². The van der Waals surface area contributed by atoms with Crippen molar-refractivity contribution in [2.75, 3.05) is 18.6 Å². The Morgan fingerprint density at radius 1 is 1.58 bits per heavy atom. The summed E-state index contributed by atoms with van der Waals surface area (Å²) in [7, 11) is 1.24. The Labute approximate surface area is 109 Å². The summed E-state index contributed by atoms with van der Waals surface area (Å²) in [6.07, 6.45) is -0.0110. The van der Waals surface area contributed by atoms with Gasteiger partial charge in [-0.25, -0.2) is 4.39 Å². The molecule has 1 aromatic carbocycles. The van der Waals surface area contributed by atoms with Crippen LogP contribution in [0, 0.1) is 23.1 Å². The molecule has 0 spiro atoms. The molecule has 6 heteroatoms. The quantitative estimate of drug-likeness (QED) is 0.751. The van der Waals surface area contributed by atoms with E-state index in [0.29, 0.717) is 0 Å². The summed E-state index contributed by atoms with van der Waals surface area (Å²) in [5, 5.41) is 8.76. The van der Waals surface area contributed by atoms with Gasteiger partial charge in [0.2, 0.25) is 5.91 Å². The number of ether oxygens (including phenoxy) is 1. The molecule has 0 aliphatic carbocycles. The zero-order valence-corrected chi connectivity index (χ0v) is 10.2. The Kier molecular flexibility index (Phi) is 3.47. The van der Waals surface area contributed by atoms with Crippen LogP contribution in [0.4, 0.5) is 10.1 Å². The lowest BCUT2D eigenvalue weighted by Crippen LogP contribution is -2.27. The molecule has 1 unspecified atom stereocenters. The van der Waals surface area contributed by atoms with E-state index >= 15 is 0 Å². The van der Waals surface area contributed by atoms with E-state index in [0.717, 1.165) is 0 Å². The number of amides is 1. The minimum Gasteiger partial charge on any atom is -0.469 e. The monoisotopic (exact) mass is 262 g/mol. The lowest BCUT2D eigenvalue weighted by Gasteiger charge is -2.17. The average molecular weight is 262 g/mol. The Morgan fingerprint density at radius 3 is 2.95 bits per heavy atom. The van der Waals surface area contributed by atoms with Gasteiger partial charge >= 0.3 is 5.97 Å². The number of nitrogens with zero attached hydrogens (tertiary/aromatic N) is 2. The second-order valence-corrected chi connectivity index (χ2v) is 4.18. The first-order valence-corrected chi connectivity index (χ1v) is 5.65. The van der Waals surface area contributed by atoms with Gasteiger partial charge in [0.15, 0.2) is 5.82 Å². The highest BCUT2D eigenvalue weighted by atomic mass is 19.1. The Morgan fingerprint density at radius 2 is 2.32 bits per heavy atom. The maximum atomic E-state index is 14.0. The molecule has 1 aromatic rings. The molecule has 1 amide bonds. The van der Waals surface area contributed by atoms with Crippen LogP contribution in [-0.2, 0) is 14.3 Å². The summed E-state index contributed by atoms with van der Waals surface area (Å²) in [4.78, 5) is 24.4. The van der Waals surface area contributed by atoms with Crippen molar-refractivity contribution < 1.29 is 18.7 Å². The Hall–Kier alpha value is -2.42. The minimum absolute atomic E-state index is 0.0110. The molecule has 0 bridgehead atoms. The van der Waals surface area contributed by atoms with Gasteiger partial charge in [-0.15, -0.1) is 0 Å². The summed E-state index contributed by atoms with van der Waals surface area (Å²) in [5.41, 5.74) is -0.109. The third-order valence-electron chi connectivity index (χ3n) is 3.05. The summed E-state index contributed by atoms with van der Waals surface area (Å²) in [6.45, 7) is 0.0668. The number of nitriles is 1. The number of esters is 1. The van der Waals surface area contributed by atoms with Gasteiger partial charge in [0.05, 0.1) is 24.3 Å². The number of hydrogen-bond acceptors (Lipinski definition) is 4. The molecule has 19 heavy (non-hydrogen) atoms. The normalized spacial score (nSPS) is 18.3. The number of anilines is 1. The van der Waals surface area contributed by atoms with Crippen LogP contribution in [0.15, 0.2) is 18.2 Å². The first-order valence-electron chi connectivity index (χ1n) is 5.65. The summed E-state index contributed by atoms with van der Waals surface area (Å²) in [6, 6.07) is 5.95. The molecule has 1 atom stereocenters. The minimum atomic E-state index is -0.746. The third-order valence-corrected chi connectivity index (χ3v) is 3.05. The molecule has 0 aromatic heterocycles. The maximum absolute atomic E-state index is 14.0. The molecule has 0 N–H and O–H groups in total. The highest BCUT2D eigenvalue weighted by Gasteiger charge is 2.37. The number of carbonyl (C=O) groups excluding carboxylic acids is 2. The van der Waals surface area contributed by atoms with E-state index in [1.165, 1.54) is 30.2 Å². The van der Waals surface area contributed by atoms with Crippen LogP contribution < -0.4 is 4.90 Å². The topological polar surface area (TPSA) is 70.4 Å². The van der Waals surface area contributed by atoms with Crippen molar-refractivity contribution in [1.29, 1.82) is 5.26 Å². The Bertz CT molecular complexity index is 580. The second-order valence-electron chi connectivity index (χ2n) is 4.18. The molecule has 2 rings (SSSR count). The number of halogens is 1. The van der Waals surface area contributed by atoms with Crippen LogP contribution >= 0.6 is 0 Å². The van der Waals surface area contributed by atoms with Gasteiger partial charge in [0, 0.05) is 13.0 Å². The predicted octanol–water partition coefficient (Wildman–Crippen LogP) is 1.22. The lowest BCUT2D eigenvalue weighted by atomic mass is 10.1. The van der Waals surface area contributed by atoms with Crippen molar-refractivity contribution in [3.8, 4) is 6.07 Å². The van der Waals surface area contributed by atoms with Crippen LogP contribution in [0.3, 0.4) is 0 Å². The summed E-state index contributed by atoms with van der Waals surface area (Å²) >= 11 is 0. The highest BCUT2D eigenvalue weighted by Crippen LogP contribution is 2.29. The fourth-order valence-electron chi connectivity index (χ4n) is 2.08. The molecular formula is C13H11FN2O3. The molecule has 1 saturated heterocycles.